The molecule has 2 aromatic carbocycles. The highest BCUT2D eigenvalue weighted by Crippen LogP contribution is 2.34. The molecule has 7 nitrogen and oxygen atoms in total. The molecule has 0 saturated heterocycles. The van der Waals surface area contributed by atoms with Crippen molar-refractivity contribution in [3.63, 3.8) is 0 Å². The maximum absolute atomic E-state index is 13.0. The largest absolute Gasteiger partial charge is 0.416 e. The molecule has 2 amide bonds. The van der Waals surface area contributed by atoms with Gasteiger partial charge in [-0.2, -0.15) is 13.2 Å². The molecule has 0 spiro atoms. The van der Waals surface area contributed by atoms with E-state index in [-0.39, 0.29) is 34.8 Å². The smallest absolute Gasteiger partial charge is 0.342 e. The fourth-order valence-electron chi connectivity index (χ4n) is 3.45. The number of alkyl halides is 3. The number of halogens is 5. The molecule has 0 saturated carbocycles. The number of allylic oxidation sites excluding steroid dienone is 1. The molecule has 0 radical (unpaired) electrons. The number of carbonyl (C=O) groups is 2. The van der Waals surface area contributed by atoms with Gasteiger partial charge in [-0.1, -0.05) is 67.0 Å². The van der Waals surface area contributed by atoms with Gasteiger partial charge >= 0.3 is 6.18 Å². The molecule has 3 rings (SSSR count). The average molecular weight is 586 g/mol. The molecular formula is C25H24Cl2F3N5O2S. The fourth-order valence-corrected chi connectivity index (χ4v) is 4.59. The molecule has 1 atom stereocenters. The van der Waals surface area contributed by atoms with E-state index in [0.717, 1.165) is 30.0 Å². The van der Waals surface area contributed by atoms with Crippen molar-refractivity contribution in [3.05, 3.63) is 82.1 Å². The zero-order valence-electron chi connectivity index (χ0n) is 20.4. The standard InChI is InChI=1S/C25H24Cl2F3N5O2S/c1-4-11-35-22(21(14(2)3)32-23(37)16-7-5-6-8-17(16)26)33-34-24(35)38-13-20(36)31-19-12-15(25(28,29)30)9-10-18(19)27/h4-10,12,14,21H,1,11,13H2,2-3H3,(H,31,36)(H,32,37)/t21-/m1/s1. The van der Waals surface area contributed by atoms with Crippen LogP contribution < -0.4 is 10.6 Å². The van der Waals surface area contributed by atoms with Gasteiger partial charge < -0.3 is 15.2 Å². The summed E-state index contributed by atoms with van der Waals surface area (Å²) < 4.78 is 40.8. The van der Waals surface area contributed by atoms with Gasteiger partial charge in [-0.3, -0.25) is 9.59 Å². The summed E-state index contributed by atoms with van der Waals surface area (Å²) >= 11 is 13.2. The Morgan fingerprint density at radius 2 is 1.84 bits per heavy atom. The summed E-state index contributed by atoms with van der Waals surface area (Å²) in [7, 11) is 0. The topological polar surface area (TPSA) is 88.9 Å². The molecule has 38 heavy (non-hydrogen) atoms. The first-order valence-electron chi connectivity index (χ1n) is 11.3. The lowest BCUT2D eigenvalue weighted by molar-refractivity contribution is -0.137. The summed E-state index contributed by atoms with van der Waals surface area (Å²) in [5.74, 6) is -0.782. The molecule has 1 heterocycles. The number of amides is 2. The molecule has 1 aromatic heterocycles. The summed E-state index contributed by atoms with van der Waals surface area (Å²) in [5.41, 5.74) is -0.768. The van der Waals surface area contributed by atoms with E-state index in [4.69, 9.17) is 23.2 Å². The summed E-state index contributed by atoms with van der Waals surface area (Å²) in [6, 6.07) is 8.80. The van der Waals surface area contributed by atoms with Gasteiger partial charge in [-0.15, -0.1) is 16.8 Å². The third kappa shape index (κ3) is 7.30. The summed E-state index contributed by atoms with van der Waals surface area (Å²) in [4.78, 5) is 25.5. The SMILES string of the molecule is C=CCn1c(SCC(=O)Nc2cc(C(F)(F)F)ccc2Cl)nnc1[C@H](NC(=O)c1ccccc1Cl)C(C)C. The van der Waals surface area contributed by atoms with E-state index >= 15 is 0 Å². The normalized spacial score (nSPS) is 12.3. The Balaban J connectivity index is 1.77. The van der Waals surface area contributed by atoms with Crippen LogP contribution in [0.4, 0.5) is 18.9 Å². The van der Waals surface area contributed by atoms with Gasteiger partial charge in [0.15, 0.2) is 11.0 Å². The van der Waals surface area contributed by atoms with Gasteiger partial charge in [0.2, 0.25) is 5.91 Å². The van der Waals surface area contributed by atoms with Crippen LogP contribution in [0.2, 0.25) is 10.0 Å². The second kappa shape index (κ2) is 12.7. The number of hydrogen-bond donors (Lipinski definition) is 2. The monoisotopic (exact) mass is 585 g/mol. The maximum Gasteiger partial charge on any atom is 0.416 e. The fraction of sp³-hybridized carbons (Fsp3) is 0.280. The van der Waals surface area contributed by atoms with Crippen molar-refractivity contribution in [2.75, 3.05) is 11.1 Å². The third-order valence-corrected chi connectivity index (χ3v) is 6.93. The molecule has 0 aliphatic carbocycles. The minimum absolute atomic E-state index is 0.0255. The molecule has 0 aliphatic rings. The predicted molar refractivity (Wildman–Crippen MR) is 143 cm³/mol. The van der Waals surface area contributed by atoms with Crippen LogP contribution in [0.3, 0.4) is 0 Å². The van der Waals surface area contributed by atoms with Gasteiger partial charge in [0.05, 0.1) is 38.7 Å². The third-order valence-electron chi connectivity index (χ3n) is 5.31. The van der Waals surface area contributed by atoms with Crippen molar-refractivity contribution in [1.29, 1.82) is 0 Å². The maximum atomic E-state index is 13.0. The summed E-state index contributed by atoms with van der Waals surface area (Å²) in [6.07, 6.45) is -2.96. The van der Waals surface area contributed by atoms with Crippen molar-refractivity contribution >= 4 is 52.5 Å². The molecule has 0 fully saturated rings. The Labute approximate surface area is 231 Å². The van der Waals surface area contributed by atoms with Crippen molar-refractivity contribution in [2.24, 2.45) is 5.92 Å². The highest BCUT2D eigenvalue weighted by atomic mass is 35.5. The summed E-state index contributed by atoms with van der Waals surface area (Å²) in [6.45, 7) is 7.86. The minimum atomic E-state index is -4.58. The number of carbonyl (C=O) groups excluding carboxylic acids is 2. The molecule has 3 aromatic rings. The number of benzene rings is 2. The Morgan fingerprint density at radius 1 is 1.13 bits per heavy atom. The van der Waals surface area contributed by atoms with E-state index in [1.165, 1.54) is 0 Å². The number of aromatic nitrogens is 3. The van der Waals surface area contributed by atoms with Crippen LogP contribution in [-0.2, 0) is 17.5 Å². The lowest BCUT2D eigenvalue weighted by atomic mass is 10.0. The average Bonchev–Trinajstić information content (AvgIpc) is 3.24. The van der Waals surface area contributed by atoms with Crippen LogP contribution in [0.25, 0.3) is 0 Å². The first kappa shape index (κ1) is 29.5. The molecule has 13 heteroatoms. The van der Waals surface area contributed by atoms with Crippen LogP contribution in [0.5, 0.6) is 0 Å². The second-order valence-electron chi connectivity index (χ2n) is 8.44. The number of rotatable bonds is 10. The van der Waals surface area contributed by atoms with E-state index in [9.17, 15) is 22.8 Å². The van der Waals surface area contributed by atoms with Crippen LogP contribution in [0, 0.1) is 5.92 Å². The number of nitrogens with zero attached hydrogens (tertiary/aromatic N) is 3. The zero-order chi connectivity index (χ0) is 28.0. The molecule has 0 aliphatic heterocycles. The molecule has 0 unspecified atom stereocenters. The number of hydrogen-bond acceptors (Lipinski definition) is 5. The highest BCUT2D eigenvalue weighted by molar-refractivity contribution is 7.99. The zero-order valence-corrected chi connectivity index (χ0v) is 22.7. The van der Waals surface area contributed by atoms with Crippen LogP contribution in [0.1, 0.15) is 41.6 Å². The molecular weight excluding hydrogens is 562 g/mol. The highest BCUT2D eigenvalue weighted by Gasteiger charge is 2.31. The van der Waals surface area contributed by atoms with Crippen LogP contribution >= 0.6 is 35.0 Å². The van der Waals surface area contributed by atoms with Gasteiger partial charge in [0.25, 0.3) is 5.91 Å². The van der Waals surface area contributed by atoms with Gasteiger partial charge in [-0.05, 0) is 36.2 Å². The van der Waals surface area contributed by atoms with E-state index < -0.39 is 23.7 Å². The molecule has 0 bridgehead atoms. The lowest BCUT2D eigenvalue weighted by Gasteiger charge is -2.23. The first-order valence-corrected chi connectivity index (χ1v) is 13.0. The van der Waals surface area contributed by atoms with Crippen LogP contribution in [-0.4, -0.2) is 32.3 Å². The van der Waals surface area contributed by atoms with Crippen molar-refractivity contribution < 1.29 is 22.8 Å². The quantitative estimate of drug-likeness (QED) is 0.205. The number of thioether (sulfide) groups is 1. The predicted octanol–water partition coefficient (Wildman–Crippen LogP) is 6.65. The Bertz CT molecular complexity index is 1330. The van der Waals surface area contributed by atoms with E-state index in [1.54, 1.807) is 34.9 Å². The van der Waals surface area contributed by atoms with Crippen molar-refractivity contribution in [1.82, 2.24) is 20.1 Å². The molecule has 2 N–H and O–H groups in total. The number of anilines is 1. The van der Waals surface area contributed by atoms with Gasteiger partial charge in [0, 0.05) is 6.54 Å². The van der Waals surface area contributed by atoms with E-state index in [0.29, 0.717) is 21.6 Å². The Hall–Kier alpha value is -3.02. The summed E-state index contributed by atoms with van der Waals surface area (Å²) in [5, 5.41) is 14.4. The Kier molecular flexibility index (Phi) is 9.86. The second-order valence-corrected chi connectivity index (χ2v) is 10.2. The number of nitrogens with one attached hydrogen (secondary N) is 2. The van der Waals surface area contributed by atoms with E-state index in [2.05, 4.69) is 27.4 Å². The van der Waals surface area contributed by atoms with Gasteiger partial charge in [0.1, 0.15) is 0 Å². The van der Waals surface area contributed by atoms with Crippen LogP contribution in [0.15, 0.2) is 60.3 Å². The van der Waals surface area contributed by atoms with E-state index in [1.807, 2.05) is 13.8 Å². The first-order chi connectivity index (χ1) is 17.9. The van der Waals surface area contributed by atoms with Crippen molar-refractivity contribution in [3.8, 4) is 0 Å². The Morgan fingerprint density at radius 3 is 2.47 bits per heavy atom. The lowest BCUT2D eigenvalue weighted by Crippen LogP contribution is -2.34. The molecule has 202 valence electrons. The minimum Gasteiger partial charge on any atom is -0.342 e. The van der Waals surface area contributed by atoms with Crippen molar-refractivity contribution in [2.45, 2.75) is 37.8 Å². The van der Waals surface area contributed by atoms with Gasteiger partial charge in [-0.25, -0.2) is 0 Å².